The Morgan fingerprint density at radius 1 is 1.07 bits per heavy atom. The number of hydrogen-bond donors (Lipinski definition) is 1. The van der Waals surface area contributed by atoms with Gasteiger partial charge in [0.1, 0.15) is 0 Å². The molecule has 30 heavy (non-hydrogen) atoms. The second kappa shape index (κ2) is 8.01. The standard InChI is InChI=1S/C23H19Cl2N3O2/c1-14-10-18-15(4-3-5-21(18)26-14)13-28(17-7-8-19(24)20(25)11-17)23(30)16-6-9-22(29)27(2)12-16/h3-12,26H,13H2,1-2H3. The lowest BCUT2D eigenvalue weighted by Crippen LogP contribution is -2.31. The number of aryl methyl sites for hydroxylation is 2. The lowest BCUT2D eigenvalue weighted by Gasteiger charge is -2.24. The lowest BCUT2D eigenvalue weighted by atomic mass is 10.1. The summed E-state index contributed by atoms with van der Waals surface area (Å²) in [6.45, 7) is 2.32. The normalized spacial score (nSPS) is 11.1. The molecule has 0 saturated heterocycles. The van der Waals surface area contributed by atoms with Crippen LogP contribution in [0.1, 0.15) is 21.6 Å². The maximum absolute atomic E-state index is 13.5. The van der Waals surface area contributed by atoms with E-state index in [1.54, 1.807) is 30.1 Å². The van der Waals surface area contributed by atoms with E-state index in [4.69, 9.17) is 23.2 Å². The monoisotopic (exact) mass is 439 g/mol. The van der Waals surface area contributed by atoms with Crippen LogP contribution in [0.4, 0.5) is 5.69 Å². The van der Waals surface area contributed by atoms with Crippen LogP contribution >= 0.6 is 23.2 Å². The summed E-state index contributed by atoms with van der Waals surface area (Å²) in [5, 5.41) is 1.83. The summed E-state index contributed by atoms with van der Waals surface area (Å²) in [4.78, 5) is 30.2. The van der Waals surface area contributed by atoms with Crippen LogP contribution < -0.4 is 10.5 Å². The first-order chi connectivity index (χ1) is 14.3. The number of halogens is 2. The van der Waals surface area contributed by atoms with Crippen LogP contribution in [-0.4, -0.2) is 15.5 Å². The zero-order chi connectivity index (χ0) is 21.4. The van der Waals surface area contributed by atoms with E-state index in [2.05, 4.69) is 11.1 Å². The van der Waals surface area contributed by atoms with E-state index in [1.807, 2.05) is 25.1 Å². The molecule has 5 nitrogen and oxygen atoms in total. The minimum Gasteiger partial charge on any atom is -0.359 e. The number of aromatic nitrogens is 2. The molecule has 0 fully saturated rings. The van der Waals surface area contributed by atoms with Crippen LogP contribution in [-0.2, 0) is 13.6 Å². The van der Waals surface area contributed by atoms with Gasteiger partial charge in [-0.25, -0.2) is 0 Å². The van der Waals surface area contributed by atoms with Crippen LogP contribution in [0.2, 0.25) is 10.0 Å². The van der Waals surface area contributed by atoms with Crippen molar-refractivity contribution in [2.24, 2.45) is 7.05 Å². The van der Waals surface area contributed by atoms with Gasteiger partial charge in [-0.15, -0.1) is 0 Å². The molecule has 4 aromatic rings. The third-order valence-electron chi connectivity index (χ3n) is 5.01. The summed E-state index contributed by atoms with van der Waals surface area (Å²) in [6, 6.07) is 16.0. The van der Waals surface area contributed by atoms with Gasteiger partial charge in [0.2, 0.25) is 5.56 Å². The average molecular weight is 440 g/mol. The van der Waals surface area contributed by atoms with Crippen molar-refractivity contribution in [2.45, 2.75) is 13.5 Å². The number of carbonyl (C=O) groups excluding carboxylic acids is 1. The molecule has 0 aliphatic carbocycles. The summed E-state index contributed by atoms with van der Waals surface area (Å²) >= 11 is 12.3. The van der Waals surface area contributed by atoms with Crippen molar-refractivity contribution in [3.63, 3.8) is 0 Å². The fourth-order valence-electron chi connectivity index (χ4n) is 3.48. The highest BCUT2D eigenvalue weighted by molar-refractivity contribution is 6.42. The van der Waals surface area contributed by atoms with Crippen molar-refractivity contribution in [2.75, 3.05) is 4.90 Å². The van der Waals surface area contributed by atoms with Crippen LogP contribution in [0.25, 0.3) is 10.9 Å². The second-order valence-electron chi connectivity index (χ2n) is 7.19. The van der Waals surface area contributed by atoms with Gasteiger partial charge in [-0.2, -0.15) is 0 Å². The first-order valence-electron chi connectivity index (χ1n) is 9.34. The number of anilines is 1. The molecule has 2 aromatic heterocycles. The van der Waals surface area contributed by atoms with E-state index in [9.17, 15) is 9.59 Å². The number of fused-ring (bicyclic) bond motifs is 1. The Labute approximate surface area is 183 Å². The molecule has 1 amide bonds. The van der Waals surface area contributed by atoms with Crippen molar-refractivity contribution in [1.82, 2.24) is 9.55 Å². The van der Waals surface area contributed by atoms with Crippen LogP contribution in [0.15, 0.2) is 65.6 Å². The molecular weight excluding hydrogens is 421 g/mol. The number of benzene rings is 2. The number of nitrogens with zero attached hydrogens (tertiary/aromatic N) is 2. The quantitative estimate of drug-likeness (QED) is 0.467. The fraction of sp³-hybridized carbons (Fsp3) is 0.130. The van der Waals surface area contributed by atoms with Crippen molar-refractivity contribution in [3.8, 4) is 0 Å². The zero-order valence-electron chi connectivity index (χ0n) is 16.4. The van der Waals surface area contributed by atoms with Crippen molar-refractivity contribution >= 4 is 45.7 Å². The molecule has 0 atom stereocenters. The number of rotatable bonds is 4. The van der Waals surface area contributed by atoms with Gasteiger partial charge in [-0.1, -0.05) is 35.3 Å². The average Bonchev–Trinajstić information content (AvgIpc) is 3.11. The second-order valence-corrected chi connectivity index (χ2v) is 8.00. The molecule has 7 heteroatoms. The Hall–Kier alpha value is -3.02. The molecule has 0 saturated carbocycles. The van der Waals surface area contributed by atoms with E-state index >= 15 is 0 Å². The third kappa shape index (κ3) is 3.86. The summed E-state index contributed by atoms with van der Waals surface area (Å²) in [5.74, 6) is -0.242. The maximum Gasteiger partial charge on any atom is 0.260 e. The SMILES string of the molecule is Cc1cc2c(CN(C(=O)c3ccc(=O)n(C)c3)c3ccc(Cl)c(Cl)c3)cccc2[nH]1. The van der Waals surface area contributed by atoms with E-state index in [0.29, 0.717) is 27.8 Å². The van der Waals surface area contributed by atoms with Gasteiger partial charge in [-0.05, 0) is 48.9 Å². The van der Waals surface area contributed by atoms with E-state index < -0.39 is 0 Å². The lowest BCUT2D eigenvalue weighted by molar-refractivity contribution is 0.0984. The Balaban J connectivity index is 1.82. The highest BCUT2D eigenvalue weighted by Gasteiger charge is 2.21. The molecule has 0 bridgehead atoms. The van der Waals surface area contributed by atoms with Gasteiger partial charge in [0.25, 0.3) is 5.91 Å². The molecular formula is C23H19Cl2N3O2. The van der Waals surface area contributed by atoms with Crippen LogP contribution in [0.3, 0.4) is 0 Å². The Bertz CT molecular complexity index is 1320. The minimum absolute atomic E-state index is 0.180. The van der Waals surface area contributed by atoms with Crippen molar-refractivity contribution in [1.29, 1.82) is 0 Å². The number of carbonyl (C=O) groups is 1. The molecule has 4 rings (SSSR count). The maximum atomic E-state index is 13.5. The first-order valence-corrected chi connectivity index (χ1v) is 10.1. The summed E-state index contributed by atoms with van der Waals surface area (Å²) < 4.78 is 1.39. The number of nitrogens with one attached hydrogen (secondary N) is 1. The highest BCUT2D eigenvalue weighted by atomic mass is 35.5. The Morgan fingerprint density at radius 2 is 1.87 bits per heavy atom. The molecule has 0 aliphatic heterocycles. The summed E-state index contributed by atoms with van der Waals surface area (Å²) in [5.41, 5.74) is 3.88. The molecule has 0 aliphatic rings. The Kier molecular flexibility index (Phi) is 5.41. The van der Waals surface area contributed by atoms with E-state index in [1.165, 1.54) is 22.9 Å². The number of hydrogen-bond acceptors (Lipinski definition) is 2. The van der Waals surface area contributed by atoms with Gasteiger partial charge >= 0.3 is 0 Å². The van der Waals surface area contributed by atoms with Crippen LogP contribution in [0.5, 0.6) is 0 Å². The third-order valence-corrected chi connectivity index (χ3v) is 5.75. The van der Waals surface area contributed by atoms with Crippen LogP contribution in [0, 0.1) is 6.92 Å². The highest BCUT2D eigenvalue weighted by Crippen LogP contribution is 2.30. The zero-order valence-corrected chi connectivity index (χ0v) is 18.0. The predicted octanol–water partition coefficient (Wildman–Crippen LogP) is 5.33. The topological polar surface area (TPSA) is 58.1 Å². The molecule has 0 radical (unpaired) electrons. The summed E-state index contributed by atoms with van der Waals surface area (Å²) in [7, 11) is 1.62. The predicted molar refractivity (Wildman–Crippen MR) is 122 cm³/mol. The number of aromatic amines is 1. The number of amides is 1. The molecule has 0 unspecified atom stereocenters. The summed E-state index contributed by atoms with van der Waals surface area (Å²) in [6.07, 6.45) is 1.54. The van der Waals surface area contributed by atoms with E-state index in [0.717, 1.165) is 22.2 Å². The fourth-order valence-corrected chi connectivity index (χ4v) is 3.77. The Morgan fingerprint density at radius 3 is 2.60 bits per heavy atom. The number of pyridine rings is 1. The van der Waals surface area contributed by atoms with E-state index in [-0.39, 0.29) is 11.5 Å². The van der Waals surface area contributed by atoms with Gasteiger partial charge in [0.05, 0.1) is 22.2 Å². The molecule has 152 valence electrons. The smallest absolute Gasteiger partial charge is 0.260 e. The van der Waals surface area contributed by atoms with Gasteiger partial charge < -0.3 is 14.5 Å². The first kappa shape index (κ1) is 20.3. The molecule has 2 aromatic carbocycles. The minimum atomic E-state index is -0.242. The molecule has 1 N–H and O–H groups in total. The molecule has 0 spiro atoms. The number of H-pyrrole nitrogens is 1. The molecule has 2 heterocycles. The van der Waals surface area contributed by atoms with Gasteiger partial charge in [0, 0.05) is 41.6 Å². The van der Waals surface area contributed by atoms with Gasteiger partial charge in [0.15, 0.2) is 0 Å². The van der Waals surface area contributed by atoms with Gasteiger partial charge in [-0.3, -0.25) is 9.59 Å². The van der Waals surface area contributed by atoms with Crippen molar-refractivity contribution in [3.05, 3.63) is 98.0 Å². The van der Waals surface area contributed by atoms with Crippen molar-refractivity contribution < 1.29 is 4.79 Å². The largest absolute Gasteiger partial charge is 0.359 e.